The molecule has 0 aromatic heterocycles. The van der Waals surface area contributed by atoms with Crippen LogP contribution in [0.5, 0.6) is 5.75 Å². The van der Waals surface area contributed by atoms with Gasteiger partial charge in [0.05, 0.1) is 18.6 Å². The molecule has 3 rings (SSSR count). The average molecular weight is 347 g/mol. The minimum atomic E-state index is -0.139. The fourth-order valence-electron chi connectivity index (χ4n) is 2.66. The lowest BCUT2D eigenvalue weighted by molar-refractivity contribution is -0.126. The van der Waals surface area contributed by atoms with Crippen molar-refractivity contribution in [3.8, 4) is 5.75 Å². The van der Waals surface area contributed by atoms with Gasteiger partial charge in [-0.1, -0.05) is 42.5 Å². The maximum Gasteiger partial charge on any atom is 0.226 e. The molecule has 1 atom stereocenters. The van der Waals surface area contributed by atoms with Crippen molar-refractivity contribution in [2.24, 2.45) is 5.92 Å². The van der Waals surface area contributed by atoms with E-state index < -0.39 is 0 Å². The Labute approximate surface area is 149 Å². The average Bonchev–Trinajstić information content (AvgIpc) is 2.53. The highest BCUT2D eigenvalue weighted by atomic mass is 35.5. The van der Waals surface area contributed by atoms with Gasteiger partial charge < -0.3 is 15.4 Å². The van der Waals surface area contributed by atoms with E-state index in [2.05, 4.69) is 10.6 Å². The quantitative estimate of drug-likeness (QED) is 0.845. The third kappa shape index (κ3) is 4.28. The summed E-state index contributed by atoms with van der Waals surface area (Å²) in [5.41, 5.74) is 2.14. The lowest BCUT2D eigenvalue weighted by Gasteiger charge is -2.29. The molecule has 1 unspecified atom stereocenters. The van der Waals surface area contributed by atoms with Gasteiger partial charge in [-0.15, -0.1) is 12.4 Å². The number of halogens is 1. The van der Waals surface area contributed by atoms with Gasteiger partial charge in [0.1, 0.15) is 5.75 Å². The van der Waals surface area contributed by atoms with Crippen molar-refractivity contribution < 1.29 is 9.53 Å². The predicted octanol–water partition coefficient (Wildman–Crippen LogP) is 2.93. The highest BCUT2D eigenvalue weighted by Gasteiger charge is 2.27. The van der Waals surface area contributed by atoms with Gasteiger partial charge in [-0.3, -0.25) is 4.79 Å². The summed E-state index contributed by atoms with van der Waals surface area (Å²) in [6, 6.07) is 17.8. The van der Waals surface area contributed by atoms with Crippen molar-refractivity contribution in [1.82, 2.24) is 10.6 Å². The van der Waals surface area contributed by atoms with Crippen molar-refractivity contribution in [2.45, 2.75) is 13.0 Å². The van der Waals surface area contributed by atoms with Crippen LogP contribution in [0.2, 0.25) is 0 Å². The normalized spacial score (nSPS) is 14.9. The van der Waals surface area contributed by atoms with Crippen molar-refractivity contribution in [3.05, 3.63) is 65.7 Å². The molecule has 24 heavy (non-hydrogen) atoms. The van der Waals surface area contributed by atoms with E-state index in [0.29, 0.717) is 6.61 Å². The first-order valence-electron chi connectivity index (χ1n) is 8.06. The van der Waals surface area contributed by atoms with E-state index in [4.69, 9.17) is 4.74 Å². The Balaban J connectivity index is 0.00000208. The van der Waals surface area contributed by atoms with Crippen LogP contribution < -0.4 is 15.4 Å². The SMILES string of the molecule is CCOc1ccc(C(NC(=O)C2CNC2)c2ccccc2)cc1.Cl. The summed E-state index contributed by atoms with van der Waals surface area (Å²) >= 11 is 0. The molecule has 0 saturated carbocycles. The number of nitrogens with one attached hydrogen (secondary N) is 2. The van der Waals surface area contributed by atoms with Crippen LogP contribution in [0.3, 0.4) is 0 Å². The number of hydrogen-bond acceptors (Lipinski definition) is 3. The molecule has 0 radical (unpaired) electrons. The van der Waals surface area contributed by atoms with Gasteiger partial charge in [-0.25, -0.2) is 0 Å². The van der Waals surface area contributed by atoms with Gasteiger partial charge in [-0.2, -0.15) is 0 Å². The first-order chi connectivity index (χ1) is 11.3. The molecule has 1 saturated heterocycles. The zero-order valence-electron chi connectivity index (χ0n) is 13.7. The van der Waals surface area contributed by atoms with Crippen LogP contribution in [0, 0.1) is 5.92 Å². The Bertz CT molecular complexity index is 642. The molecule has 128 valence electrons. The summed E-state index contributed by atoms with van der Waals surface area (Å²) in [5.74, 6) is 1.02. The number of benzene rings is 2. The summed E-state index contributed by atoms with van der Waals surface area (Å²) in [6.07, 6.45) is 0. The van der Waals surface area contributed by atoms with E-state index in [1.54, 1.807) is 0 Å². The molecule has 1 aliphatic heterocycles. The second kappa shape index (κ2) is 8.71. The van der Waals surface area contributed by atoms with Gasteiger partial charge in [0.25, 0.3) is 0 Å². The van der Waals surface area contributed by atoms with E-state index in [-0.39, 0.29) is 30.3 Å². The maximum atomic E-state index is 12.4. The first kappa shape index (κ1) is 18.3. The number of ether oxygens (including phenoxy) is 1. The molecule has 5 heteroatoms. The molecule has 0 spiro atoms. The van der Waals surface area contributed by atoms with Gasteiger partial charge in [-0.05, 0) is 30.2 Å². The molecule has 0 aliphatic carbocycles. The van der Waals surface area contributed by atoms with Gasteiger partial charge in [0.2, 0.25) is 5.91 Å². The molecule has 1 aliphatic rings. The minimum Gasteiger partial charge on any atom is -0.494 e. The predicted molar refractivity (Wildman–Crippen MR) is 97.6 cm³/mol. The Kier molecular flexibility index (Phi) is 6.64. The monoisotopic (exact) mass is 346 g/mol. The number of carbonyl (C=O) groups excluding carboxylic acids is 1. The maximum absolute atomic E-state index is 12.4. The molecule has 0 bridgehead atoms. The van der Waals surface area contributed by atoms with Gasteiger partial charge >= 0.3 is 0 Å². The number of carbonyl (C=O) groups is 1. The van der Waals surface area contributed by atoms with Crippen molar-refractivity contribution in [1.29, 1.82) is 0 Å². The fourth-order valence-corrected chi connectivity index (χ4v) is 2.66. The molecule has 2 aromatic rings. The van der Waals surface area contributed by atoms with Crippen molar-refractivity contribution in [3.63, 3.8) is 0 Å². The van der Waals surface area contributed by atoms with Gasteiger partial charge in [0, 0.05) is 13.1 Å². The summed E-state index contributed by atoms with van der Waals surface area (Å²) in [7, 11) is 0. The Morgan fingerprint density at radius 1 is 1.12 bits per heavy atom. The van der Waals surface area contributed by atoms with E-state index in [1.165, 1.54) is 0 Å². The molecule has 2 aromatic carbocycles. The fraction of sp³-hybridized carbons (Fsp3) is 0.316. The zero-order chi connectivity index (χ0) is 16.1. The molecule has 4 nitrogen and oxygen atoms in total. The summed E-state index contributed by atoms with van der Waals surface area (Å²) < 4.78 is 5.50. The molecule has 1 heterocycles. The molecular formula is C19H23ClN2O2. The molecule has 2 N–H and O–H groups in total. The summed E-state index contributed by atoms with van der Waals surface area (Å²) in [6.45, 7) is 4.13. The number of amides is 1. The smallest absolute Gasteiger partial charge is 0.226 e. The van der Waals surface area contributed by atoms with Crippen LogP contribution in [0.25, 0.3) is 0 Å². The van der Waals surface area contributed by atoms with E-state index in [1.807, 2.05) is 61.5 Å². The van der Waals surface area contributed by atoms with E-state index in [0.717, 1.165) is 30.0 Å². The Morgan fingerprint density at radius 2 is 1.75 bits per heavy atom. The van der Waals surface area contributed by atoms with Crippen LogP contribution >= 0.6 is 12.4 Å². The Hall–Kier alpha value is -2.04. The molecule has 1 amide bonds. The lowest BCUT2D eigenvalue weighted by atomic mass is 9.96. The third-order valence-electron chi connectivity index (χ3n) is 4.10. The first-order valence-corrected chi connectivity index (χ1v) is 8.06. The second-order valence-electron chi connectivity index (χ2n) is 5.71. The molecular weight excluding hydrogens is 324 g/mol. The van der Waals surface area contributed by atoms with Gasteiger partial charge in [0.15, 0.2) is 0 Å². The van der Waals surface area contributed by atoms with E-state index >= 15 is 0 Å². The minimum absolute atomic E-state index is 0. The largest absolute Gasteiger partial charge is 0.494 e. The summed E-state index contributed by atoms with van der Waals surface area (Å²) in [4.78, 5) is 12.4. The van der Waals surface area contributed by atoms with Crippen molar-refractivity contribution >= 4 is 18.3 Å². The Morgan fingerprint density at radius 3 is 2.29 bits per heavy atom. The number of rotatable bonds is 6. The van der Waals surface area contributed by atoms with E-state index in [9.17, 15) is 4.79 Å². The third-order valence-corrected chi connectivity index (χ3v) is 4.10. The molecule has 1 fully saturated rings. The summed E-state index contributed by atoms with van der Waals surface area (Å²) in [5, 5.41) is 6.32. The standard InChI is InChI=1S/C19H22N2O2.ClH/c1-2-23-17-10-8-15(9-11-17)18(14-6-4-3-5-7-14)21-19(22)16-12-20-13-16;/h3-11,16,18,20H,2,12-13H2,1H3,(H,21,22);1H. The zero-order valence-corrected chi connectivity index (χ0v) is 14.5. The topological polar surface area (TPSA) is 50.4 Å². The lowest BCUT2D eigenvalue weighted by Crippen LogP contribution is -2.51. The van der Waals surface area contributed by atoms with Crippen LogP contribution in [0.15, 0.2) is 54.6 Å². The highest BCUT2D eigenvalue weighted by molar-refractivity contribution is 5.85. The second-order valence-corrected chi connectivity index (χ2v) is 5.71. The van der Waals surface area contributed by atoms with Crippen LogP contribution in [0.1, 0.15) is 24.1 Å². The van der Waals surface area contributed by atoms with Crippen molar-refractivity contribution in [2.75, 3.05) is 19.7 Å². The number of hydrogen-bond donors (Lipinski definition) is 2. The van der Waals surface area contributed by atoms with Crippen LogP contribution in [-0.2, 0) is 4.79 Å². The van der Waals surface area contributed by atoms with Crippen LogP contribution in [0.4, 0.5) is 0 Å². The van der Waals surface area contributed by atoms with Crippen LogP contribution in [-0.4, -0.2) is 25.6 Å². The highest BCUT2D eigenvalue weighted by Crippen LogP contribution is 2.25.